The van der Waals surface area contributed by atoms with Gasteiger partial charge in [-0.1, -0.05) is 0 Å². The van der Waals surface area contributed by atoms with Gasteiger partial charge in [0.05, 0.1) is 25.6 Å². The van der Waals surface area contributed by atoms with Crippen LogP contribution < -0.4 is 15.0 Å². The molecule has 1 aromatic rings. The van der Waals surface area contributed by atoms with Crippen molar-refractivity contribution in [2.45, 2.75) is 31.8 Å². The molecule has 1 aliphatic rings. The molecular formula is C15H21N3O. The highest BCUT2D eigenvalue weighted by molar-refractivity contribution is 5.53. The van der Waals surface area contributed by atoms with E-state index in [0.29, 0.717) is 6.42 Å². The second-order valence-electron chi connectivity index (χ2n) is 5.53. The van der Waals surface area contributed by atoms with Gasteiger partial charge >= 0.3 is 0 Å². The quantitative estimate of drug-likeness (QED) is 0.903. The molecule has 1 heterocycles. The average molecular weight is 259 g/mol. The van der Waals surface area contributed by atoms with Crippen LogP contribution in [0.4, 0.5) is 5.69 Å². The van der Waals surface area contributed by atoms with Crippen LogP contribution in [0.3, 0.4) is 0 Å². The SMILES string of the molecule is COc1ccc(N2C(CC#N)CNCC2(C)C)cc1. The first kappa shape index (κ1) is 13.7. The molecule has 0 aliphatic carbocycles. The first-order chi connectivity index (χ1) is 9.08. The van der Waals surface area contributed by atoms with Crippen molar-refractivity contribution in [1.29, 1.82) is 5.26 Å². The lowest BCUT2D eigenvalue weighted by Gasteiger charge is -2.49. The van der Waals surface area contributed by atoms with E-state index < -0.39 is 0 Å². The van der Waals surface area contributed by atoms with Gasteiger partial charge in [0.1, 0.15) is 5.75 Å². The lowest BCUT2D eigenvalue weighted by molar-refractivity contribution is 0.324. The number of methoxy groups -OCH3 is 1. The summed E-state index contributed by atoms with van der Waals surface area (Å²) in [4.78, 5) is 2.35. The summed E-state index contributed by atoms with van der Waals surface area (Å²) in [7, 11) is 1.67. The molecule has 0 bridgehead atoms. The van der Waals surface area contributed by atoms with Gasteiger partial charge in [0.2, 0.25) is 0 Å². The number of rotatable bonds is 3. The highest BCUT2D eigenvalue weighted by Gasteiger charge is 2.36. The van der Waals surface area contributed by atoms with E-state index in [-0.39, 0.29) is 11.6 Å². The predicted octanol–water partition coefficient (Wildman–Crippen LogP) is 2.17. The maximum Gasteiger partial charge on any atom is 0.119 e. The van der Waals surface area contributed by atoms with E-state index in [1.165, 1.54) is 0 Å². The van der Waals surface area contributed by atoms with Gasteiger partial charge in [-0.05, 0) is 38.1 Å². The molecule has 0 spiro atoms. The van der Waals surface area contributed by atoms with Gasteiger partial charge in [0.25, 0.3) is 0 Å². The Kier molecular flexibility index (Phi) is 3.96. The number of hydrogen-bond donors (Lipinski definition) is 1. The molecule has 1 unspecified atom stereocenters. The standard InChI is InChI=1S/C15H21N3O/c1-15(2)11-17-10-13(8-9-16)18(15)12-4-6-14(19-3)7-5-12/h4-7,13,17H,8,10-11H2,1-3H3. The van der Waals surface area contributed by atoms with Gasteiger partial charge in [-0.15, -0.1) is 0 Å². The van der Waals surface area contributed by atoms with Crippen molar-refractivity contribution in [3.8, 4) is 11.8 Å². The van der Waals surface area contributed by atoms with Gasteiger partial charge < -0.3 is 15.0 Å². The number of hydrogen-bond acceptors (Lipinski definition) is 4. The van der Waals surface area contributed by atoms with Crippen LogP contribution in [0.25, 0.3) is 0 Å². The van der Waals surface area contributed by atoms with E-state index in [2.05, 4.69) is 42.3 Å². The van der Waals surface area contributed by atoms with Crippen LogP contribution in [0.5, 0.6) is 5.75 Å². The summed E-state index contributed by atoms with van der Waals surface area (Å²) in [6.07, 6.45) is 0.530. The summed E-state index contributed by atoms with van der Waals surface area (Å²) in [6, 6.07) is 10.6. The Morgan fingerprint density at radius 1 is 1.42 bits per heavy atom. The molecule has 1 atom stereocenters. The van der Waals surface area contributed by atoms with Gasteiger partial charge in [-0.2, -0.15) is 5.26 Å². The minimum Gasteiger partial charge on any atom is -0.497 e. The van der Waals surface area contributed by atoms with Crippen LogP contribution in [0.2, 0.25) is 0 Å². The molecule has 2 rings (SSSR count). The van der Waals surface area contributed by atoms with Crippen molar-refractivity contribution in [2.75, 3.05) is 25.1 Å². The van der Waals surface area contributed by atoms with Gasteiger partial charge in [-0.3, -0.25) is 0 Å². The molecule has 1 aromatic carbocycles. The Hall–Kier alpha value is -1.73. The van der Waals surface area contributed by atoms with E-state index >= 15 is 0 Å². The molecule has 1 saturated heterocycles. The lowest BCUT2D eigenvalue weighted by Crippen LogP contribution is -2.63. The van der Waals surface area contributed by atoms with Crippen LogP contribution in [0, 0.1) is 11.3 Å². The maximum atomic E-state index is 9.01. The van der Waals surface area contributed by atoms with Crippen LogP contribution in [-0.4, -0.2) is 31.8 Å². The first-order valence-electron chi connectivity index (χ1n) is 6.59. The van der Waals surface area contributed by atoms with E-state index in [9.17, 15) is 0 Å². The minimum atomic E-state index is -0.00560. The monoisotopic (exact) mass is 259 g/mol. The summed E-state index contributed by atoms with van der Waals surface area (Å²) < 4.78 is 5.20. The Labute approximate surface area is 115 Å². The third-order valence-corrected chi connectivity index (χ3v) is 3.63. The van der Waals surface area contributed by atoms with Crippen LogP contribution in [0.15, 0.2) is 24.3 Å². The Morgan fingerprint density at radius 2 is 2.11 bits per heavy atom. The molecule has 1 aliphatic heterocycles. The van der Waals surface area contributed by atoms with Crippen molar-refractivity contribution in [3.05, 3.63) is 24.3 Å². The summed E-state index contributed by atoms with van der Waals surface area (Å²) >= 11 is 0. The van der Waals surface area contributed by atoms with Crippen LogP contribution in [0.1, 0.15) is 20.3 Å². The van der Waals surface area contributed by atoms with Gasteiger partial charge in [0, 0.05) is 24.3 Å². The summed E-state index contributed by atoms with van der Waals surface area (Å²) in [5.41, 5.74) is 1.14. The van der Waals surface area contributed by atoms with Crippen molar-refractivity contribution in [2.24, 2.45) is 0 Å². The second-order valence-corrected chi connectivity index (χ2v) is 5.53. The molecule has 0 amide bonds. The number of ether oxygens (including phenoxy) is 1. The molecule has 19 heavy (non-hydrogen) atoms. The van der Waals surface area contributed by atoms with Crippen LogP contribution in [-0.2, 0) is 0 Å². The number of nitrogens with one attached hydrogen (secondary N) is 1. The van der Waals surface area contributed by atoms with Crippen molar-refractivity contribution in [3.63, 3.8) is 0 Å². The predicted molar refractivity (Wildman–Crippen MR) is 76.4 cm³/mol. The normalized spacial score (nSPS) is 21.8. The molecular weight excluding hydrogens is 238 g/mol. The maximum absolute atomic E-state index is 9.01. The highest BCUT2D eigenvalue weighted by atomic mass is 16.5. The summed E-state index contributed by atoms with van der Waals surface area (Å²) in [6.45, 7) is 6.17. The number of nitrogens with zero attached hydrogens (tertiary/aromatic N) is 2. The fourth-order valence-electron chi connectivity index (χ4n) is 2.79. The van der Waals surface area contributed by atoms with Crippen molar-refractivity contribution >= 4 is 5.69 Å². The first-order valence-corrected chi connectivity index (χ1v) is 6.59. The number of piperazine rings is 1. The number of benzene rings is 1. The highest BCUT2D eigenvalue weighted by Crippen LogP contribution is 2.31. The van der Waals surface area contributed by atoms with Gasteiger partial charge in [0.15, 0.2) is 0 Å². The summed E-state index contributed by atoms with van der Waals surface area (Å²) in [5, 5.41) is 12.4. The number of nitriles is 1. The second kappa shape index (κ2) is 5.50. The lowest BCUT2D eigenvalue weighted by atomic mass is 9.94. The van der Waals surface area contributed by atoms with E-state index in [4.69, 9.17) is 10.00 Å². The van der Waals surface area contributed by atoms with E-state index in [1.54, 1.807) is 7.11 Å². The molecule has 0 saturated carbocycles. The fraction of sp³-hybridized carbons (Fsp3) is 0.533. The molecule has 102 valence electrons. The minimum absolute atomic E-state index is 0.00560. The molecule has 0 radical (unpaired) electrons. The van der Waals surface area contributed by atoms with E-state index in [1.807, 2.05) is 12.1 Å². The van der Waals surface area contributed by atoms with Crippen molar-refractivity contribution < 1.29 is 4.74 Å². The average Bonchev–Trinajstić information content (AvgIpc) is 2.39. The van der Waals surface area contributed by atoms with Gasteiger partial charge in [-0.25, -0.2) is 0 Å². The Bertz CT molecular complexity index is 461. The third kappa shape index (κ3) is 2.82. The zero-order valence-electron chi connectivity index (χ0n) is 11.8. The smallest absolute Gasteiger partial charge is 0.119 e. The molecule has 1 N–H and O–H groups in total. The zero-order chi connectivity index (χ0) is 13.9. The molecule has 4 nitrogen and oxygen atoms in total. The topological polar surface area (TPSA) is 48.3 Å². The van der Waals surface area contributed by atoms with E-state index in [0.717, 1.165) is 24.5 Å². The Morgan fingerprint density at radius 3 is 2.68 bits per heavy atom. The third-order valence-electron chi connectivity index (χ3n) is 3.63. The molecule has 0 aromatic heterocycles. The fourth-order valence-corrected chi connectivity index (χ4v) is 2.79. The molecule has 1 fully saturated rings. The largest absolute Gasteiger partial charge is 0.497 e. The number of anilines is 1. The summed E-state index contributed by atoms with van der Waals surface area (Å²) in [5.74, 6) is 0.855. The Balaban J connectivity index is 2.32. The van der Waals surface area contributed by atoms with Crippen molar-refractivity contribution in [1.82, 2.24) is 5.32 Å². The van der Waals surface area contributed by atoms with Crippen LogP contribution >= 0.6 is 0 Å². The molecule has 4 heteroatoms. The zero-order valence-corrected chi connectivity index (χ0v) is 11.8.